The normalized spacial score (nSPS) is 13.7. The van der Waals surface area contributed by atoms with Crippen LogP contribution in [-0.2, 0) is 27.0 Å². The zero-order valence-corrected chi connectivity index (χ0v) is 15.4. The van der Waals surface area contributed by atoms with Crippen molar-refractivity contribution in [2.24, 2.45) is 0 Å². The van der Waals surface area contributed by atoms with Crippen LogP contribution in [0, 0.1) is 0 Å². The fraction of sp³-hybridized carbons (Fsp3) is 0.294. The fourth-order valence-electron chi connectivity index (χ4n) is 2.74. The Balaban J connectivity index is 1.65. The molecule has 8 heteroatoms. The van der Waals surface area contributed by atoms with Gasteiger partial charge in [0.2, 0.25) is 15.9 Å². The number of nitrogens with one attached hydrogen (secondary N) is 1. The predicted octanol–water partition coefficient (Wildman–Crippen LogP) is 1.81. The van der Waals surface area contributed by atoms with Crippen LogP contribution in [0.2, 0.25) is 0 Å². The molecule has 6 nitrogen and oxygen atoms in total. The molecule has 0 spiro atoms. The van der Waals surface area contributed by atoms with Gasteiger partial charge in [-0.1, -0.05) is 6.07 Å². The number of aromatic nitrogens is 1. The largest absolute Gasteiger partial charge is 0.311 e. The monoisotopic (exact) mass is 377 g/mol. The maximum atomic E-state index is 12.5. The first-order chi connectivity index (χ1) is 12.0. The predicted molar refractivity (Wildman–Crippen MR) is 99.1 cm³/mol. The molecule has 2 aromatic rings. The number of benzene rings is 1. The van der Waals surface area contributed by atoms with Gasteiger partial charge in [0.15, 0.2) is 0 Å². The first kappa shape index (κ1) is 17.9. The number of thioether (sulfide) groups is 1. The van der Waals surface area contributed by atoms with Gasteiger partial charge in [-0.15, -0.1) is 11.8 Å². The van der Waals surface area contributed by atoms with E-state index in [0.29, 0.717) is 18.7 Å². The average Bonchev–Trinajstić information content (AvgIpc) is 3.06. The van der Waals surface area contributed by atoms with Gasteiger partial charge in [0, 0.05) is 30.4 Å². The Kier molecular flexibility index (Phi) is 5.41. The Hall–Kier alpha value is -1.90. The lowest BCUT2D eigenvalue weighted by Gasteiger charge is -2.17. The summed E-state index contributed by atoms with van der Waals surface area (Å²) in [5, 5.41) is 0. The van der Waals surface area contributed by atoms with Gasteiger partial charge < -0.3 is 4.90 Å². The van der Waals surface area contributed by atoms with E-state index in [1.807, 2.05) is 12.1 Å². The van der Waals surface area contributed by atoms with Gasteiger partial charge in [-0.25, -0.2) is 13.1 Å². The molecule has 132 valence electrons. The van der Waals surface area contributed by atoms with Crippen LogP contribution in [0.3, 0.4) is 0 Å². The first-order valence-corrected chi connectivity index (χ1v) is 10.5. The number of carbonyl (C=O) groups is 1. The number of amides is 1. The molecular formula is C17H19N3O3S2. The highest BCUT2D eigenvalue weighted by atomic mass is 32.2. The van der Waals surface area contributed by atoms with Gasteiger partial charge in [-0.2, -0.15) is 0 Å². The number of fused-ring (bicyclic) bond motifs is 1. The van der Waals surface area contributed by atoms with E-state index in [0.717, 1.165) is 22.6 Å². The van der Waals surface area contributed by atoms with Crippen molar-refractivity contribution in [2.45, 2.75) is 17.1 Å². The summed E-state index contributed by atoms with van der Waals surface area (Å²) in [5.41, 5.74) is 2.79. The van der Waals surface area contributed by atoms with Gasteiger partial charge in [0.1, 0.15) is 0 Å². The molecule has 0 atom stereocenters. The van der Waals surface area contributed by atoms with Gasteiger partial charge in [-0.3, -0.25) is 9.78 Å². The smallest absolute Gasteiger partial charge is 0.240 e. The minimum Gasteiger partial charge on any atom is -0.311 e. The Bertz CT molecular complexity index is 870. The van der Waals surface area contributed by atoms with Crippen molar-refractivity contribution < 1.29 is 13.2 Å². The van der Waals surface area contributed by atoms with E-state index in [2.05, 4.69) is 9.71 Å². The first-order valence-electron chi connectivity index (χ1n) is 7.85. The maximum Gasteiger partial charge on any atom is 0.240 e. The van der Waals surface area contributed by atoms with Crippen LogP contribution in [0.1, 0.15) is 11.1 Å². The molecule has 0 bridgehead atoms. The molecule has 1 aromatic heterocycles. The van der Waals surface area contributed by atoms with E-state index in [4.69, 9.17) is 0 Å². The summed E-state index contributed by atoms with van der Waals surface area (Å²) in [5.74, 6) is 1.15. The molecule has 2 heterocycles. The summed E-state index contributed by atoms with van der Waals surface area (Å²) in [6.07, 6.45) is 4.19. The molecule has 0 fully saturated rings. The standard InChI is InChI=1S/C17H19N3O3S2/c1-18-25(22,23)15-4-5-16-14(9-15)6-8-20(16)17(21)12-24-11-13-3-2-7-19-10-13/h2-5,7,9-10,18H,6,8,11-12H2,1H3. The second-order valence-electron chi connectivity index (χ2n) is 5.65. The van der Waals surface area contributed by atoms with Crippen LogP contribution in [0.4, 0.5) is 5.69 Å². The van der Waals surface area contributed by atoms with Crippen molar-refractivity contribution in [3.05, 3.63) is 53.9 Å². The van der Waals surface area contributed by atoms with Gasteiger partial charge >= 0.3 is 0 Å². The topological polar surface area (TPSA) is 79.4 Å². The van der Waals surface area contributed by atoms with Crippen LogP contribution in [0.15, 0.2) is 47.6 Å². The molecule has 1 N–H and O–H groups in total. The van der Waals surface area contributed by atoms with E-state index < -0.39 is 10.0 Å². The van der Waals surface area contributed by atoms with E-state index in [1.54, 1.807) is 47.3 Å². The van der Waals surface area contributed by atoms with Crippen molar-refractivity contribution in [3.8, 4) is 0 Å². The lowest BCUT2D eigenvalue weighted by atomic mass is 10.2. The number of hydrogen-bond acceptors (Lipinski definition) is 5. The molecule has 0 saturated heterocycles. The number of nitrogens with zero attached hydrogens (tertiary/aromatic N) is 2. The molecular weight excluding hydrogens is 358 g/mol. The molecule has 1 amide bonds. The van der Waals surface area contributed by atoms with Crippen LogP contribution in [0.5, 0.6) is 0 Å². The number of rotatable bonds is 6. The van der Waals surface area contributed by atoms with Crippen LogP contribution >= 0.6 is 11.8 Å². The van der Waals surface area contributed by atoms with Crippen molar-refractivity contribution in [1.82, 2.24) is 9.71 Å². The third-order valence-electron chi connectivity index (χ3n) is 4.04. The number of hydrogen-bond donors (Lipinski definition) is 1. The van der Waals surface area contributed by atoms with E-state index in [-0.39, 0.29) is 10.8 Å². The third kappa shape index (κ3) is 4.02. The lowest BCUT2D eigenvalue weighted by molar-refractivity contribution is -0.116. The van der Waals surface area contributed by atoms with Crippen molar-refractivity contribution in [2.75, 3.05) is 24.2 Å². The summed E-state index contributed by atoms with van der Waals surface area (Å²) < 4.78 is 26.1. The number of pyridine rings is 1. The molecule has 3 rings (SSSR count). The van der Waals surface area contributed by atoms with Crippen molar-refractivity contribution in [1.29, 1.82) is 0 Å². The molecule has 1 aliphatic heterocycles. The Labute approximate surface area is 151 Å². The second kappa shape index (κ2) is 7.55. The lowest BCUT2D eigenvalue weighted by Crippen LogP contribution is -2.30. The number of anilines is 1. The van der Waals surface area contributed by atoms with Gasteiger partial charge in [0.05, 0.1) is 10.6 Å². The molecule has 1 aliphatic rings. The summed E-state index contributed by atoms with van der Waals surface area (Å²) in [6.45, 7) is 0.588. The minimum absolute atomic E-state index is 0.0388. The Morgan fingerprint density at radius 3 is 2.92 bits per heavy atom. The third-order valence-corrected chi connectivity index (χ3v) is 6.44. The zero-order valence-electron chi connectivity index (χ0n) is 13.8. The van der Waals surface area contributed by atoms with E-state index >= 15 is 0 Å². The van der Waals surface area contributed by atoms with Crippen LogP contribution in [-0.4, -0.2) is 38.7 Å². The maximum absolute atomic E-state index is 12.5. The number of carbonyl (C=O) groups excluding carboxylic acids is 1. The van der Waals surface area contributed by atoms with Gasteiger partial charge in [0.25, 0.3) is 0 Å². The minimum atomic E-state index is -3.47. The summed E-state index contributed by atoms with van der Waals surface area (Å²) >= 11 is 1.55. The SMILES string of the molecule is CNS(=O)(=O)c1ccc2c(c1)CCN2C(=O)CSCc1cccnc1. The molecule has 0 saturated carbocycles. The van der Waals surface area contributed by atoms with E-state index in [1.165, 1.54) is 7.05 Å². The molecule has 0 unspecified atom stereocenters. The zero-order chi connectivity index (χ0) is 17.9. The summed E-state index contributed by atoms with van der Waals surface area (Å²) in [4.78, 5) is 18.5. The summed E-state index contributed by atoms with van der Waals surface area (Å²) in [6, 6.07) is 8.77. The molecule has 1 aromatic carbocycles. The Morgan fingerprint density at radius 1 is 1.36 bits per heavy atom. The quantitative estimate of drug-likeness (QED) is 0.831. The highest BCUT2D eigenvalue weighted by Crippen LogP contribution is 2.30. The number of sulfonamides is 1. The van der Waals surface area contributed by atoms with Crippen LogP contribution < -0.4 is 9.62 Å². The average molecular weight is 377 g/mol. The molecule has 0 aliphatic carbocycles. The molecule has 25 heavy (non-hydrogen) atoms. The van der Waals surface area contributed by atoms with Crippen molar-refractivity contribution >= 4 is 33.4 Å². The fourth-order valence-corrected chi connectivity index (χ4v) is 4.36. The highest BCUT2D eigenvalue weighted by molar-refractivity contribution is 7.99. The summed E-state index contributed by atoms with van der Waals surface area (Å²) in [7, 11) is -2.08. The van der Waals surface area contributed by atoms with Crippen LogP contribution in [0.25, 0.3) is 0 Å². The van der Waals surface area contributed by atoms with Crippen molar-refractivity contribution in [3.63, 3.8) is 0 Å². The van der Waals surface area contributed by atoms with Gasteiger partial charge in [-0.05, 0) is 48.9 Å². The molecule has 0 radical (unpaired) electrons. The Morgan fingerprint density at radius 2 is 2.20 bits per heavy atom. The highest BCUT2D eigenvalue weighted by Gasteiger charge is 2.26. The second-order valence-corrected chi connectivity index (χ2v) is 8.52. The van der Waals surface area contributed by atoms with E-state index in [9.17, 15) is 13.2 Å².